The number of anilines is 2. The van der Waals surface area contributed by atoms with Gasteiger partial charge in [-0.25, -0.2) is 0 Å². The van der Waals surface area contributed by atoms with E-state index >= 15 is 0 Å². The summed E-state index contributed by atoms with van der Waals surface area (Å²) >= 11 is 0. The van der Waals surface area contributed by atoms with Gasteiger partial charge in [0.15, 0.2) is 11.9 Å². The molecule has 6 heteroatoms. The number of carbonyl (C=O) groups is 1. The molecule has 2 aliphatic rings. The van der Waals surface area contributed by atoms with Crippen LogP contribution in [0.5, 0.6) is 0 Å². The lowest BCUT2D eigenvalue weighted by atomic mass is 9.78. The summed E-state index contributed by atoms with van der Waals surface area (Å²) in [6, 6.07) is 11.5. The van der Waals surface area contributed by atoms with Gasteiger partial charge in [0, 0.05) is 35.1 Å². The molecular weight excluding hydrogens is 330 g/mol. The third-order valence-electron chi connectivity index (χ3n) is 4.81. The number of nitrogens with two attached hydrogens (primary N) is 1. The first-order chi connectivity index (χ1) is 12.7. The molecule has 6 nitrogen and oxygen atoms in total. The van der Waals surface area contributed by atoms with Gasteiger partial charge in [0.2, 0.25) is 0 Å². The number of quaternary nitrogens is 1. The molecule has 134 valence electrons. The summed E-state index contributed by atoms with van der Waals surface area (Å²) in [6.45, 7) is 1.10. The van der Waals surface area contributed by atoms with Crippen LogP contribution in [0.4, 0.5) is 11.4 Å². The Kier molecular flexibility index (Phi) is 4.46. The Bertz CT molecular complexity index is 892. The van der Waals surface area contributed by atoms with Gasteiger partial charge < -0.3 is 26.2 Å². The lowest BCUT2D eigenvalue weighted by molar-refractivity contribution is -0.674. The van der Waals surface area contributed by atoms with E-state index < -0.39 is 0 Å². The highest BCUT2D eigenvalue weighted by Crippen LogP contribution is 2.44. The number of carbonyl (C=O) groups excluding carboxylic acids is 1. The average molecular weight is 352 g/mol. The van der Waals surface area contributed by atoms with Crippen LogP contribution in [0.2, 0.25) is 0 Å². The van der Waals surface area contributed by atoms with Crippen molar-refractivity contribution in [3.05, 3.63) is 64.7 Å². The number of benzene rings is 2. The Labute approximate surface area is 151 Å². The summed E-state index contributed by atoms with van der Waals surface area (Å²) in [5.41, 5.74) is 5.87. The van der Waals surface area contributed by atoms with Gasteiger partial charge in [-0.15, -0.1) is 0 Å². The fraction of sp³-hybridized carbons (Fsp3) is 0.250. The minimum Gasteiger partial charge on any atom is -0.395 e. The number of ketones is 1. The predicted molar refractivity (Wildman–Crippen MR) is 100 cm³/mol. The van der Waals surface area contributed by atoms with Crippen molar-refractivity contribution in [2.45, 2.75) is 6.17 Å². The van der Waals surface area contributed by atoms with Crippen LogP contribution < -0.4 is 16.0 Å². The second-order valence-electron chi connectivity index (χ2n) is 6.43. The van der Waals surface area contributed by atoms with E-state index in [0.29, 0.717) is 24.2 Å². The normalized spacial score (nSPS) is 17.1. The van der Waals surface area contributed by atoms with E-state index in [1.807, 2.05) is 41.7 Å². The van der Waals surface area contributed by atoms with Gasteiger partial charge in [0.25, 0.3) is 0 Å². The fourth-order valence-corrected chi connectivity index (χ4v) is 3.72. The van der Waals surface area contributed by atoms with Crippen molar-refractivity contribution in [3.63, 3.8) is 0 Å². The maximum Gasteiger partial charge on any atom is 0.196 e. The summed E-state index contributed by atoms with van der Waals surface area (Å²) in [5, 5.41) is 26.9. The SMILES string of the molecule is O=C1c2ccccc2C2=C[C@@H]([NH2+]CCO)Nc3ccc(NCCO)c1c32. The van der Waals surface area contributed by atoms with Crippen LogP contribution >= 0.6 is 0 Å². The first-order valence-electron chi connectivity index (χ1n) is 8.83. The quantitative estimate of drug-likeness (QED) is 0.442. The second-order valence-corrected chi connectivity index (χ2v) is 6.43. The lowest BCUT2D eigenvalue weighted by Gasteiger charge is -2.31. The van der Waals surface area contributed by atoms with Gasteiger partial charge >= 0.3 is 0 Å². The van der Waals surface area contributed by atoms with Crippen molar-refractivity contribution in [1.82, 2.24) is 0 Å². The van der Waals surface area contributed by atoms with Gasteiger partial charge in [-0.3, -0.25) is 4.79 Å². The largest absolute Gasteiger partial charge is 0.395 e. The van der Waals surface area contributed by atoms with Crippen LogP contribution in [0.25, 0.3) is 5.57 Å². The first kappa shape index (κ1) is 16.8. The van der Waals surface area contributed by atoms with Crippen molar-refractivity contribution in [2.75, 3.05) is 36.9 Å². The molecule has 26 heavy (non-hydrogen) atoms. The third-order valence-corrected chi connectivity index (χ3v) is 4.81. The smallest absolute Gasteiger partial charge is 0.196 e. The molecule has 0 aromatic heterocycles. The van der Waals surface area contributed by atoms with Gasteiger partial charge in [-0.2, -0.15) is 0 Å². The molecule has 0 spiro atoms. The standard InChI is InChI=1S/C20H21N3O3/c24-9-7-21-15-5-6-16-18-14(11-17(23-16)22-8-10-25)12-3-1-2-4-13(12)20(26)19(15)18/h1-6,11,17,21-25H,7-10H2/p+1/t17-/m0/s1. The molecule has 0 fully saturated rings. The number of hydrogen-bond donors (Lipinski definition) is 5. The van der Waals surface area contributed by atoms with Crippen LogP contribution in [0, 0.1) is 0 Å². The topological polar surface area (TPSA) is 98.2 Å². The zero-order valence-electron chi connectivity index (χ0n) is 14.3. The zero-order chi connectivity index (χ0) is 18.1. The molecule has 2 aromatic rings. The maximum absolute atomic E-state index is 13.2. The van der Waals surface area contributed by atoms with E-state index in [-0.39, 0.29) is 25.2 Å². The number of aliphatic hydroxyl groups excluding tert-OH is 2. The number of nitrogens with one attached hydrogen (secondary N) is 2. The second kappa shape index (κ2) is 6.92. The summed E-state index contributed by atoms with van der Waals surface area (Å²) in [6.07, 6.45) is 2.11. The molecule has 0 amide bonds. The Morgan fingerprint density at radius 3 is 2.62 bits per heavy atom. The van der Waals surface area contributed by atoms with Crippen LogP contribution in [-0.2, 0) is 0 Å². The summed E-state index contributed by atoms with van der Waals surface area (Å²) < 4.78 is 0. The van der Waals surface area contributed by atoms with Crippen molar-refractivity contribution >= 4 is 22.7 Å². The molecule has 1 aliphatic carbocycles. The van der Waals surface area contributed by atoms with Gasteiger partial charge in [0.1, 0.15) is 6.54 Å². The van der Waals surface area contributed by atoms with E-state index in [0.717, 1.165) is 28.1 Å². The van der Waals surface area contributed by atoms with Crippen molar-refractivity contribution in [1.29, 1.82) is 0 Å². The molecule has 0 bridgehead atoms. The van der Waals surface area contributed by atoms with Crippen LogP contribution in [0.3, 0.4) is 0 Å². The average Bonchev–Trinajstić information content (AvgIpc) is 2.68. The summed E-state index contributed by atoms with van der Waals surface area (Å²) in [5.74, 6) is -0.00497. The van der Waals surface area contributed by atoms with Gasteiger partial charge in [-0.05, 0) is 23.3 Å². The van der Waals surface area contributed by atoms with Crippen LogP contribution in [-0.4, -0.2) is 48.5 Å². The Balaban J connectivity index is 1.89. The molecule has 0 unspecified atom stereocenters. The molecule has 1 heterocycles. The molecule has 0 saturated heterocycles. The lowest BCUT2D eigenvalue weighted by Crippen LogP contribution is -2.92. The van der Waals surface area contributed by atoms with Crippen LogP contribution in [0.1, 0.15) is 27.0 Å². The number of aliphatic hydroxyl groups is 2. The number of fused-ring (bicyclic) bond motifs is 2. The Morgan fingerprint density at radius 1 is 1.04 bits per heavy atom. The van der Waals surface area contributed by atoms with Crippen molar-refractivity contribution < 1.29 is 20.3 Å². The monoisotopic (exact) mass is 352 g/mol. The Morgan fingerprint density at radius 2 is 1.85 bits per heavy atom. The molecule has 6 N–H and O–H groups in total. The van der Waals surface area contributed by atoms with E-state index in [9.17, 15) is 4.79 Å². The molecule has 1 atom stereocenters. The van der Waals surface area contributed by atoms with Gasteiger partial charge in [-0.1, -0.05) is 24.3 Å². The molecule has 2 aromatic carbocycles. The molecular formula is C20H22N3O3+. The van der Waals surface area contributed by atoms with E-state index in [1.165, 1.54) is 0 Å². The van der Waals surface area contributed by atoms with Gasteiger partial charge in [0.05, 0.1) is 18.8 Å². The Hall–Kier alpha value is -2.67. The summed E-state index contributed by atoms with van der Waals surface area (Å²) in [7, 11) is 0. The molecule has 0 radical (unpaired) electrons. The molecule has 0 saturated carbocycles. The highest BCUT2D eigenvalue weighted by Gasteiger charge is 2.34. The van der Waals surface area contributed by atoms with E-state index in [4.69, 9.17) is 10.2 Å². The van der Waals surface area contributed by atoms with Crippen LogP contribution in [0.15, 0.2) is 42.5 Å². The van der Waals surface area contributed by atoms with E-state index in [1.54, 1.807) is 0 Å². The van der Waals surface area contributed by atoms with Crippen molar-refractivity contribution in [2.24, 2.45) is 0 Å². The predicted octanol–water partition coefficient (Wildman–Crippen LogP) is 0.374. The highest BCUT2D eigenvalue weighted by atomic mass is 16.3. The number of rotatable bonds is 6. The fourth-order valence-electron chi connectivity index (χ4n) is 3.72. The zero-order valence-corrected chi connectivity index (χ0v) is 14.3. The minimum atomic E-state index is -0.00497. The molecule has 1 aliphatic heterocycles. The van der Waals surface area contributed by atoms with E-state index in [2.05, 4.69) is 16.7 Å². The third kappa shape index (κ3) is 2.68. The maximum atomic E-state index is 13.2. The van der Waals surface area contributed by atoms with Crippen molar-refractivity contribution in [3.8, 4) is 0 Å². The first-order valence-corrected chi connectivity index (χ1v) is 8.83. The highest BCUT2D eigenvalue weighted by molar-refractivity contribution is 6.23. The minimum absolute atomic E-state index is 0.000439. The number of hydrogen-bond acceptors (Lipinski definition) is 5. The summed E-state index contributed by atoms with van der Waals surface area (Å²) in [4.78, 5) is 13.2. The molecule has 4 rings (SSSR count).